The first-order valence-corrected chi connectivity index (χ1v) is 6.76. The predicted octanol–water partition coefficient (Wildman–Crippen LogP) is 4.34. The molecule has 2 nitrogen and oxygen atoms in total. The average Bonchev–Trinajstić information content (AvgIpc) is 2.41. The number of methoxy groups -OCH3 is 1. The zero-order chi connectivity index (χ0) is 13.2. The van der Waals surface area contributed by atoms with E-state index in [1.165, 1.54) is 0 Å². The summed E-state index contributed by atoms with van der Waals surface area (Å²) in [5.41, 5.74) is 0.453. The Hall–Kier alpha value is -0.750. The summed E-state index contributed by atoms with van der Waals surface area (Å²) in [4.78, 5) is 0. The number of nitrogens with zero attached hydrogens (tertiary/aromatic N) is 1. The molecular formula is C14H15Cl2NO. The summed E-state index contributed by atoms with van der Waals surface area (Å²) in [6.45, 7) is 0. The molecule has 4 heteroatoms. The average molecular weight is 284 g/mol. The van der Waals surface area contributed by atoms with E-state index in [4.69, 9.17) is 27.9 Å². The Kier molecular flexibility index (Phi) is 4.17. The molecule has 18 heavy (non-hydrogen) atoms. The summed E-state index contributed by atoms with van der Waals surface area (Å²) in [6, 6.07) is 7.93. The van der Waals surface area contributed by atoms with Crippen molar-refractivity contribution in [2.45, 2.75) is 37.2 Å². The van der Waals surface area contributed by atoms with Crippen LogP contribution < -0.4 is 0 Å². The van der Waals surface area contributed by atoms with Gasteiger partial charge in [-0.15, -0.1) is 0 Å². The third kappa shape index (κ3) is 2.49. The maximum atomic E-state index is 9.59. The van der Waals surface area contributed by atoms with Crippen LogP contribution in [0.1, 0.15) is 31.2 Å². The molecule has 1 fully saturated rings. The van der Waals surface area contributed by atoms with Crippen LogP contribution in [-0.2, 0) is 10.2 Å². The highest BCUT2D eigenvalue weighted by atomic mass is 35.5. The summed E-state index contributed by atoms with van der Waals surface area (Å²) in [7, 11) is 1.70. The van der Waals surface area contributed by atoms with Gasteiger partial charge < -0.3 is 4.74 Å². The van der Waals surface area contributed by atoms with Crippen molar-refractivity contribution in [2.24, 2.45) is 0 Å². The second-order valence-electron chi connectivity index (χ2n) is 4.78. The molecule has 1 aliphatic rings. The van der Waals surface area contributed by atoms with Crippen molar-refractivity contribution in [1.29, 1.82) is 5.26 Å². The molecule has 0 heterocycles. The topological polar surface area (TPSA) is 33.0 Å². The van der Waals surface area contributed by atoms with Gasteiger partial charge in [-0.2, -0.15) is 5.26 Å². The highest BCUT2D eigenvalue weighted by Crippen LogP contribution is 2.41. The number of benzene rings is 1. The van der Waals surface area contributed by atoms with E-state index in [1.54, 1.807) is 13.2 Å². The molecule has 2 atom stereocenters. The van der Waals surface area contributed by atoms with Crippen molar-refractivity contribution in [3.05, 3.63) is 33.8 Å². The number of ether oxygens (including phenoxy) is 1. The van der Waals surface area contributed by atoms with Gasteiger partial charge in [0, 0.05) is 7.11 Å². The van der Waals surface area contributed by atoms with Gasteiger partial charge >= 0.3 is 0 Å². The molecule has 1 saturated carbocycles. The minimum absolute atomic E-state index is 0.146. The molecule has 0 aliphatic heterocycles. The predicted molar refractivity (Wildman–Crippen MR) is 73.0 cm³/mol. The minimum Gasteiger partial charge on any atom is -0.381 e. The molecule has 1 aliphatic carbocycles. The van der Waals surface area contributed by atoms with Gasteiger partial charge in [0.25, 0.3) is 0 Å². The zero-order valence-electron chi connectivity index (χ0n) is 10.2. The number of hydrogen-bond acceptors (Lipinski definition) is 2. The number of nitriles is 1. The number of halogens is 2. The van der Waals surface area contributed by atoms with E-state index in [1.807, 2.05) is 12.1 Å². The first-order chi connectivity index (χ1) is 8.61. The van der Waals surface area contributed by atoms with Gasteiger partial charge in [0.2, 0.25) is 0 Å². The maximum Gasteiger partial charge on any atom is 0.0847 e. The van der Waals surface area contributed by atoms with Crippen LogP contribution >= 0.6 is 23.2 Å². The van der Waals surface area contributed by atoms with Crippen molar-refractivity contribution in [3.63, 3.8) is 0 Å². The van der Waals surface area contributed by atoms with Gasteiger partial charge in [-0.05, 0) is 43.4 Å². The molecule has 2 rings (SSSR count). The van der Waals surface area contributed by atoms with Gasteiger partial charge in [0.1, 0.15) is 0 Å². The molecule has 0 bridgehead atoms. The second-order valence-corrected chi connectivity index (χ2v) is 5.59. The van der Waals surface area contributed by atoms with Crippen LogP contribution in [0.4, 0.5) is 0 Å². The lowest BCUT2D eigenvalue weighted by Gasteiger charge is -2.35. The quantitative estimate of drug-likeness (QED) is 0.809. The smallest absolute Gasteiger partial charge is 0.0847 e. The molecular weight excluding hydrogens is 269 g/mol. The molecule has 0 amide bonds. The summed E-state index contributed by atoms with van der Waals surface area (Å²) in [5, 5.41) is 10.6. The van der Waals surface area contributed by atoms with Crippen molar-refractivity contribution < 1.29 is 4.74 Å². The van der Waals surface area contributed by atoms with Crippen molar-refractivity contribution >= 4 is 23.2 Å². The van der Waals surface area contributed by atoms with Gasteiger partial charge in [-0.1, -0.05) is 29.3 Å². The number of hydrogen-bond donors (Lipinski definition) is 0. The van der Waals surface area contributed by atoms with E-state index in [2.05, 4.69) is 6.07 Å². The zero-order valence-corrected chi connectivity index (χ0v) is 11.8. The van der Waals surface area contributed by atoms with Crippen LogP contribution in [0.25, 0.3) is 0 Å². The van der Waals surface area contributed by atoms with Crippen LogP contribution in [0, 0.1) is 11.3 Å². The highest BCUT2D eigenvalue weighted by Gasteiger charge is 2.38. The van der Waals surface area contributed by atoms with Crippen LogP contribution in [0.3, 0.4) is 0 Å². The lowest BCUT2D eigenvalue weighted by atomic mass is 9.69. The Bertz CT molecular complexity index is 483. The lowest BCUT2D eigenvalue weighted by molar-refractivity contribution is 0.0515. The van der Waals surface area contributed by atoms with Crippen molar-refractivity contribution in [2.75, 3.05) is 7.11 Å². The van der Waals surface area contributed by atoms with Gasteiger partial charge in [0.05, 0.1) is 27.6 Å². The van der Waals surface area contributed by atoms with Crippen molar-refractivity contribution in [3.8, 4) is 6.07 Å². The molecule has 0 N–H and O–H groups in total. The van der Waals surface area contributed by atoms with Crippen molar-refractivity contribution in [1.82, 2.24) is 0 Å². The first kappa shape index (κ1) is 13.7. The summed E-state index contributed by atoms with van der Waals surface area (Å²) in [6.07, 6.45) is 3.72. The fourth-order valence-corrected chi connectivity index (χ4v) is 2.95. The van der Waals surface area contributed by atoms with E-state index in [0.717, 1.165) is 31.2 Å². The first-order valence-electron chi connectivity index (χ1n) is 6.01. The van der Waals surface area contributed by atoms with E-state index < -0.39 is 5.41 Å². The molecule has 96 valence electrons. The molecule has 1 aromatic rings. The summed E-state index contributed by atoms with van der Waals surface area (Å²) < 4.78 is 5.41. The Balaban J connectivity index is 2.37. The molecule has 0 unspecified atom stereocenters. The fraction of sp³-hybridized carbons (Fsp3) is 0.500. The molecule has 1 aromatic carbocycles. The largest absolute Gasteiger partial charge is 0.381 e. The van der Waals surface area contributed by atoms with Crippen LogP contribution in [0.2, 0.25) is 10.0 Å². The normalized spacial score (nSPS) is 27.8. The number of rotatable bonds is 2. The maximum absolute atomic E-state index is 9.59. The molecule has 0 aromatic heterocycles. The molecule has 0 radical (unpaired) electrons. The Labute approximate surface area is 117 Å². The Morgan fingerprint density at radius 3 is 2.78 bits per heavy atom. The van der Waals surface area contributed by atoms with E-state index in [-0.39, 0.29) is 6.10 Å². The monoisotopic (exact) mass is 283 g/mol. The van der Waals surface area contributed by atoms with Gasteiger partial charge in [-0.25, -0.2) is 0 Å². The second kappa shape index (κ2) is 5.48. The SMILES string of the molecule is CO[C@@H]1CCC[C@@](C#N)(c2ccc(Cl)c(Cl)c2)C1. The molecule has 0 saturated heterocycles. The fourth-order valence-electron chi connectivity index (χ4n) is 2.65. The highest BCUT2D eigenvalue weighted by molar-refractivity contribution is 6.42. The van der Waals surface area contributed by atoms with Crippen LogP contribution in [0.5, 0.6) is 0 Å². The summed E-state index contributed by atoms with van der Waals surface area (Å²) in [5.74, 6) is 0. The standard InChI is InChI=1S/C14H15Cl2NO/c1-18-11-3-2-6-14(8-11,9-17)10-4-5-12(15)13(16)7-10/h4-5,7,11H,2-3,6,8H2,1H3/t11-,14-/m1/s1. The molecule has 0 spiro atoms. The van der Waals surface area contributed by atoms with E-state index in [9.17, 15) is 5.26 Å². The van der Waals surface area contributed by atoms with Crippen LogP contribution in [-0.4, -0.2) is 13.2 Å². The van der Waals surface area contributed by atoms with E-state index >= 15 is 0 Å². The Morgan fingerprint density at radius 1 is 1.39 bits per heavy atom. The summed E-state index contributed by atoms with van der Waals surface area (Å²) >= 11 is 12.0. The third-order valence-corrected chi connectivity index (χ3v) is 4.46. The third-order valence-electron chi connectivity index (χ3n) is 3.73. The van der Waals surface area contributed by atoms with E-state index in [0.29, 0.717) is 10.0 Å². The van der Waals surface area contributed by atoms with Crippen LogP contribution in [0.15, 0.2) is 18.2 Å². The Morgan fingerprint density at radius 2 is 2.17 bits per heavy atom. The van der Waals surface area contributed by atoms with Gasteiger partial charge in [0.15, 0.2) is 0 Å². The van der Waals surface area contributed by atoms with Gasteiger partial charge in [-0.3, -0.25) is 0 Å². The lowest BCUT2D eigenvalue weighted by Crippen LogP contribution is -2.34. The minimum atomic E-state index is -0.493.